The maximum absolute atomic E-state index is 12.6. The summed E-state index contributed by atoms with van der Waals surface area (Å²) in [4.78, 5) is 17.1. The topological polar surface area (TPSA) is 68.0 Å². The van der Waals surface area contributed by atoms with Crippen LogP contribution in [0.2, 0.25) is 0 Å². The zero-order valence-corrected chi connectivity index (χ0v) is 13.4. The second-order valence-electron chi connectivity index (χ2n) is 6.77. The highest BCUT2D eigenvalue weighted by atomic mass is 16.5. The molecule has 1 amide bonds. The molecule has 22 heavy (non-hydrogen) atoms. The van der Waals surface area contributed by atoms with Crippen LogP contribution in [0.1, 0.15) is 25.7 Å². The second kappa shape index (κ2) is 7.73. The third kappa shape index (κ3) is 3.98. The lowest BCUT2D eigenvalue weighted by Gasteiger charge is -2.37. The smallest absolute Gasteiger partial charge is 0.251 e. The first kappa shape index (κ1) is 16.2. The van der Waals surface area contributed by atoms with E-state index in [0.29, 0.717) is 12.5 Å². The Morgan fingerprint density at radius 3 is 2.68 bits per heavy atom. The van der Waals surface area contributed by atoms with Crippen molar-refractivity contribution in [3.05, 3.63) is 0 Å². The molecule has 1 unspecified atom stereocenters. The molecule has 0 saturated carbocycles. The summed E-state index contributed by atoms with van der Waals surface area (Å²) in [5, 5.41) is 0. The predicted molar refractivity (Wildman–Crippen MR) is 83.5 cm³/mol. The van der Waals surface area contributed by atoms with Crippen LogP contribution in [-0.2, 0) is 14.3 Å². The van der Waals surface area contributed by atoms with E-state index >= 15 is 0 Å². The fraction of sp³-hybridized carbons (Fsp3) is 0.938. The van der Waals surface area contributed by atoms with Gasteiger partial charge in [0.15, 0.2) is 0 Å². The fourth-order valence-corrected chi connectivity index (χ4v) is 3.83. The van der Waals surface area contributed by atoms with Gasteiger partial charge in [-0.15, -0.1) is 0 Å². The molecule has 3 aliphatic rings. The molecule has 6 nitrogen and oxygen atoms in total. The molecule has 3 aliphatic heterocycles. The van der Waals surface area contributed by atoms with E-state index < -0.39 is 0 Å². The number of likely N-dealkylation sites (tertiary alicyclic amines) is 1. The molecule has 2 N–H and O–H groups in total. The highest BCUT2D eigenvalue weighted by Gasteiger charge is 2.35. The Kier molecular flexibility index (Phi) is 5.68. The summed E-state index contributed by atoms with van der Waals surface area (Å²) in [6.07, 6.45) is 3.88. The largest absolute Gasteiger partial charge is 0.379 e. The normalized spacial score (nSPS) is 34.0. The van der Waals surface area contributed by atoms with E-state index in [1.54, 1.807) is 0 Å². The first-order valence-corrected chi connectivity index (χ1v) is 8.70. The Morgan fingerprint density at radius 2 is 1.95 bits per heavy atom. The van der Waals surface area contributed by atoms with Crippen LogP contribution in [0.3, 0.4) is 0 Å². The number of hydrogen-bond donors (Lipinski definition) is 1. The summed E-state index contributed by atoms with van der Waals surface area (Å²) >= 11 is 0. The average Bonchev–Trinajstić information content (AvgIpc) is 3.04. The van der Waals surface area contributed by atoms with Gasteiger partial charge in [0.2, 0.25) is 0 Å². The van der Waals surface area contributed by atoms with E-state index in [-0.39, 0.29) is 18.1 Å². The highest BCUT2D eigenvalue weighted by molar-refractivity contribution is 5.81. The molecule has 0 spiro atoms. The minimum atomic E-state index is -0.254. The minimum absolute atomic E-state index is 0.0721. The first-order chi connectivity index (χ1) is 10.8. The zero-order valence-electron chi connectivity index (χ0n) is 13.4. The maximum atomic E-state index is 12.6. The maximum Gasteiger partial charge on any atom is 0.251 e. The molecule has 0 aromatic rings. The van der Waals surface area contributed by atoms with Crippen LogP contribution < -0.4 is 5.73 Å². The molecule has 3 heterocycles. The van der Waals surface area contributed by atoms with Crippen molar-refractivity contribution in [1.29, 1.82) is 0 Å². The molecule has 3 rings (SSSR count). The predicted octanol–water partition coefficient (Wildman–Crippen LogP) is 0.0635. The molecular weight excluding hydrogens is 282 g/mol. The van der Waals surface area contributed by atoms with Crippen LogP contribution >= 0.6 is 0 Å². The molecule has 126 valence electrons. The third-order valence-electron chi connectivity index (χ3n) is 5.10. The fourth-order valence-electron chi connectivity index (χ4n) is 3.83. The van der Waals surface area contributed by atoms with Gasteiger partial charge < -0.3 is 20.1 Å². The monoisotopic (exact) mass is 311 g/mol. The SMILES string of the molecule is NC[C@H]1CC[C@@H](C(=O)N2CCCC(CN3CCOCC3)C2)O1. The zero-order chi connectivity index (χ0) is 15.4. The van der Waals surface area contributed by atoms with Gasteiger partial charge in [0.1, 0.15) is 6.10 Å². The lowest BCUT2D eigenvalue weighted by atomic mass is 9.96. The van der Waals surface area contributed by atoms with Crippen molar-refractivity contribution < 1.29 is 14.3 Å². The van der Waals surface area contributed by atoms with E-state index in [2.05, 4.69) is 4.90 Å². The van der Waals surface area contributed by atoms with E-state index in [1.165, 1.54) is 6.42 Å². The molecule has 0 aromatic carbocycles. The number of piperidine rings is 1. The van der Waals surface area contributed by atoms with Gasteiger partial charge in [-0.3, -0.25) is 9.69 Å². The molecule has 3 atom stereocenters. The van der Waals surface area contributed by atoms with Gasteiger partial charge in [-0.25, -0.2) is 0 Å². The third-order valence-corrected chi connectivity index (χ3v) is 5.10. The summed E-state index contributed by atoms with van der Waals surface area (Å²) in [5.41, 5.74) is 5.64. The van der Waals surface area contributed by atoms with Crippen molar-refractivity contribution in [2.45, 2.75) is 37.9 Å². The summed E-state index contributed by atoms with van der Waals surface area (Å²) in [7, 11) is 0. The van der Waals surface area contributed by atoms with Crippen LogP contribution in [0.25, 0.3) is 0 Å². The molecule has 0 aliphatic carbocycles. The number of nitrogens with two attached hydrogens (primary N) is 1. The highest BCUT2D eigenvalue weighted by Crippen LogP contribution is 2.24. The molecule has 6 heteroatoms. The van der Waals surface area contributed by atoms with Crippen LogP contribution in [0.5, 0.6) is 0 Å². The molecule has 0 radical (unpaired) electrons. The summed E-state index contributed by atoms with van der Waals surface area (Å²) in [5.74, 6) is 0.769. The number of ether oxygens (including phenoxy) is 2. The van der Waals surface area contributed by atoms with Crippen molar-refractivity contribution in [2.75, 3.05) is 52.5 Å². The van der Waals surface area contributed by atoms with Crippen molar-refractivity contribution in [2.24, 2.45) is 11.7 Å². The quantitative estimate of drug-likeness (QED) is 0.795. The average molecular weight is 311 g/mol. The lowest BCUT2D eigenvalue weighted by molar-refractivity contribution is -0.144. The Bertz CT molecular complexity index is 374. The summed E-state index contributed by atoms with van der Waals surface area (Å²) in [6, 6.07) is 0. The number of nitrogens with zero attached hydrogens (tertiary/aromatic N) is 2. The van der Waals surface area contributed by atoms with Crippen LogP contribution in [0.15, 0.2) is 0 Å². The van der Waals surface area contributed by atoms with Crippen LogP contribution in [0.4, 0.5) is 0 Å². The lowest BCUT2D eigenvalue weighted by Crippen LogP contribution is -2.48. The summed E-state index contributed by atoms with van der Waals surface area (Å²) in [6.45, 7) is 7.09. The number of amides is 1. The van der Waals surface area contributed by atoms with Gasteiger partial charge in [0, 0.05) is 39.3 Å². The second-order valence-corrected chi connectivity index (χ2v) is 6.77. The van der Waals surface area contributed by atoms with Gasteiger partial charge in [-0.2, -0.15) is 0 Å². The Labute approximate surface area is 132 Å². The van der Waals surface area contributed by atoms with E-state index in [1.807, 2.05) is 4.90 Å². The van der Waals surface area contributed by atoms with Crippen molar-refractivity contribution in [3.63, 3.8) is 0 Å². The van der Waals surface area contributed by atoms with Gasteiger partial charge in [-0.1, -0.05) is 0 Å². The van der Waals surface area contributed by atoms with Crippen molar-refractivity contribution >= 4 is 5.91 Å². The summed E-state index contributed by atoms with van der Waals surface area (Å²) < 4.78 is 11.2. The molecular formula is C16H29N3O3. The number of morpholine rings is 1. The van der Waals surface area contributed by atoms with E-state index in [0.717, 1.165) is 65.2 Å². The van der Waals surface area contributed by atoms with Crippen LogP contribution in [0, 0.1) is 5.92 Å². The van der Waals surface area contributed by atoms with Crippen molar-refractivity contribution in [1.82, 2.24) is 9.80 Å². The van der Waals surface area contributed by atoms with Crippen molar-refractivity contribution in [3.8, 4) is 0 Å². The number of rotatable bonds is 4. The molecule has 3 saturated heterocycles. The van der Waals surface area contributed by atoms with Crippen LogP contribution in [-0.4, -0.2) is 80.4 Å². The number of hydrogen-bond acceptors (Lipinski definition) is 5. The van der Waals surface area contributed by atoms with E-state index in [9.17, 15) is 4.79 Å². The molecule has 3 fully saturated rings. The Hall–Kier alpha value is -0.690. The standard InChI is InChI=1S/C16H29N3O3/c17-10-14-3-4-15(22-14)16(20)19-5-1-2-13(12-19)11-18-6-8-21-9-7-18/h13-15H,1-12,17H2/t13?,14-,15+/m1/s1. The molecule has 0 aromatic heterocycles. The molecule has 0 bridgehead atoms. The number of carbonyl (C=O) groups is 1. The van der Waals surface area contributed by atoms with Gasteiger partial charge in [-0.05, 0) is 31.6 Å². The Morgan fingerprint density at radius 1 is 1.14 bits per heavy atom. The van der Waals surface area contributed by atoms with Gasteiger partial charge in [0.25, 0.3) is 5.91 Å². The number of carbonyl (C=O) groups excluding carboxylic acids is 1. The first-order valence-electron chi connectivity index (χ1n) is 8.70. The van der Waals surface area contributed by atoms with Gasteiger partial charge >= 0.3 is 0 Å². The minimum Gasteiger partial charge on any atom is -0.379 e. The van der Waals surface area contributed by atoms with Gasteiger partial charge in [0.05, 0.1) is 19.3 Å². The Balaban J connectivity index is 1.48. The van der Waals surface area contributed by atoms with E-state index in [4.69, 9.17) is 15.2 Å².